The first kappa shape index (κ1) is 36.2. The van der Waals surface area contributed by atoms with Crippen molar-refractivity contribution in [3.63, 3.8) is 0 Å². The number of Topliss-reactive ketones (excluding diaryl/α,β-unsaturated/α-hetero) is 1. The standard InChI is InChI=1S/C33H33F6N3O6/c1-6-7-20-16-22(31(46,32(34,35)36)33(37,38)39)10-15-26(20)48-24-13-14-25(40-17-24)27(43)19(4)42-28(44)30(5,41-29(42)45)21-8-11-23(12-9-21)47-18(2)3/h8-19,46H,6-7H2,1-5H3,(H,41,45). The molecule has 0 bridgehead atoms. The van der Waals surface area contributed by atoms with Crippen molar-refractivity contribution < 1.29 is 55.3 Å². The van der Waals surface area contributed by atoms with Crippen molar-refractivity contribution in [2.45, 2.75) is 83.1 Å². The van der Waals surface area contributed by atoms with E-state index in [1.165, 1.54) is 26.0 Å². The number of rotatable bonds is 11. The molecule has 0 radical (unpaired) electrons. The van der Waals surface area contributed by atoms with Crippen LogP contribution in [0.2, 0.25) is 0 Å². The number of alkyl halides is 6. The number of aliphatic hydroxyl groups is 1. The molecule has 2 N–H and O–H groups in total. The van der Waals surface area contributed by atoms with Crippen LogP contribution < -0.4 is 14.8 Å². The van der Waals surface area contributed by atoms with Gasteiger partial charge >= 0.3 is 18.4 Å². The smallest absolute Gasteiger partial charge is 0.430 e. The normalized spacial score (nSPS) is 17.8. The number of nitrogens with zero attached hydrogens (tertiary/aromatic N) is 2. The fraction of sp³-hybridized carbons (Fsp3) is 0.394. The van der Waals surface area contributed by atoms with Gasteiger partial charge in [-0.3, -0.25) is 14.5 Å². The molecule has 9 nitrogen and oxygen atoms in total. The van der Waals surface area contributed by atoms with E-state index in [1.807, 2.05) is 13.8 Å². The lowest BCUT2D eigenvalue weighted by atomic mass is 9.90. The highest BCUT2D eigenvalue weighted by Gasteiger charge is 2.71. The lowest BCUT2D eigenvalue weighted by Crippen LogP contribution is -2.53. The average molecular weight is 682 g/mol. The van der Waals surface area contributed by atoms with Crippen LogP contribution in [0.25, 0.3) is 0 Å². The molecular formula is C33H33F6N3O6. The van der Waals surface area contributed by atoms with E-state index in [2.05, 4.69) is 10.3 Å². The minimum Gasteiger partial charge on any atom is -0.491 e. The number of hydrogen-bond acceptors (Lipinski definition) is 7. The predicted molar refractivity (Wildman–Crippen MR) is 159 cm³/mol. The third-order valence-corrected chi connectivity index (χ3v) is 7.83. The molecule has 2 atom stereocenters. The molecule has 0 saturated carbocycles. The van der Waals surface area contributed by atoms with Gasteiger partial charge in [0.1, 0.15) is 34.5 Å². The number of nitrogens with one attached hydrogen (secondary N) is 1. The van der Waals surface area contributed by atoms with Crippen molar-refractivity contribution in [2.75, 3.05) is 0 Å². The molecule has 48 heavy (non-hydrogen) atoms. The summed E-state index contributed by atoms with van der Waals surface area (Å²) < 4.78 is 91.9. The first-order valence-corrected chi connectivity index (χ1v) is 14.8. The summed E-state index contributed by atoms with van der Waals surface area (Å²) in [6, 6.07) is 9.00. The zero-order valence-corrected chi connectivity index (χ0v) is 26.5. The van der Waals surface area contributed by atoms with E-state index in [-0.39, 0.29) is 35.3 Å². The van der Waals surface area contributed by atoms with Gasteiger partial charge in [0.2, 0.25) is 5.78 Å². The molecule has 0 spiro atoms. The number of aromatic nitrogens is 1. The number of imide groups is 1. The van der Waals surface area contributed by atoms with Gasteiger partial charge in [-0.15, -0.1) is 0 Å². The predicted octanol–water partition coefficient (Wildman–Crippen LogP) is 6.96. The van der Waals surface area contributed by atoms with Gasteiger partial charge in [0.15, 0.2) is 0 Å². The average Bonchev–Trinajstić information content (AvgIpc) is 3.24. The number of ketones is 1. The number of hydrogen-bond donors (Lipinski definition) is 2. The first-order valence-electron chi connectivity index (χ1n) is 14.8. The second-order valence-electron chi connectivity index (χ2n) is 11.7. The number of benzene rings is 2. The van der Waals surface area contributed by atoms with Crippen LogP contribution in [0.1, 0.15) is 68.2 Å². The molecule has 1 saturated heterocycles. The van der Waals surface area contributed by atoms with Crippen molar-refractivity contribution in [1.29, 1.82) is 0 Å². The fourth-order valence-electron chi connectivity index (χ4n) is 5.25. The van der Waals surface area contributed by atoms with Crippen LogP contribution in [-0.2, 0) is 22.4 Å². The van der Waals surface area contributed by atoms with Crippen LogP contribution in [0.4, 0.5) is 31.1 Å². The van der Waals surface area contributed by atoms with E-state index in [9.17, 15) is 45.8 Å². The van der Waals surface area contributed by atoms with E-state index in [1.54, 1.807) is 31.2 Å². The minimum absolute atomic E-state index is 0.0111. The summed E-state index contributed by atoms with van der Waals surface area (Å²) in [6.07, 6.45) is -10.7. The molecule has 0 aliphatic carbocycles. The lowest BCUT2D eigenvalue weighted by molar-refractivity contribution is -0.376. The highest BCUT2D eigenvalue weighted by atomic mass is 19.4. The van der Waals surface area contributed by atoms with Gasteiger partial charge < -0.3 is 19.9 Å². The number of pyridine rings is 1. The maximum atomic E-state index is 13.5. The Bertz CT molecular complexity index is 1660. The van der Waals surface area contributed by atoms with Crippen molar-refractivity contribution in [2.24, 2.45) is 0 Å². The molecule has 3 amide bonds. The monoisotopic (exact) mass is 681 g/mol. The number of ether oxygens (including phenoxy) is 2. The first-order chi connectivity index (χ1) is 22.2. The molecule has 2 aromatic carbocycles. The molecule has 1 aliphatic rings. The highest BCUT2D eigenvalue weighted by Crippen LogP contribution is 2.50. The Labute approximate surface area is 271 Å². The van der Waals surface area contributed by atoms with Gasteiger partial charge in [0.25, 0.3) is 11.5 Å². The summed E-state index contributed by atoms with van der Waals surface area (Å²) in [5.41, 5.74) is -7.70. The lowest BCUT2D eigenvalue weighted by Gasteiger charge is -2.33. The van der Waals surface area contributed by atoms with Crippen LogP contribution in [0, 0.1) is 0 Å². The third kappa shape index (κ3) is 6.68. The Morgan fingerprint density at radius 3 is 2.08 bits per heavy atom. The number of amides is 3. The zero-order valence-electron chi connectivity index (χ0n) is 26.5. The Morgan fingerprint density at radius 1 is 0.958 bits per heavy atom. The SMILES string of the molecule is CCCc1cc(C(O)(C(F)(F)F)C(F)(F)F)ccc1Oc1ccc(C(=O)C(C)N2C(=O)NC(C)(c3ccc(OC(C)C)cc3)C2=O)nc1. The number of urea groups is 1. The molecule has 2 heterocycles. The summed E-state index contributed by atoms with van der Waals surface area (Å²) in [5, 5.41) is 12.4. The number of halogens is 6. The van der Waals surface area contributed by atoms with Crippen LogP contribution in [0.15, 0.2) is 60.8 Å². The second-order valence-corrected chi connectivity index (χ2v) is 11.7. The quantitative estimate of drug-likeness (QED) is 0.128. The molecule has 4 rings (SSSR count). The zero-order chi connectivity index (χ0) is 35.8. The largest absolute Gasteiger partial charge is 0.491 e. The molecule has 1 fully saturated rings. The number of carbonyl (C=O) groups excluding carboxylic acids is 3. The van der Waals surface area contributed by atoms with E-state index in [0.717, 1.165) is 17.2 Å². The Kier molecular flexibility index (Phi) is 9.87. The Balaban J connectivity index is 1.53. The number of aryl methyl sites for hydroxylation is 1. The van der Waals surface area contributed by atoms with E-state index in [4.69, 9.17) is 9.47 Å². The van der Waals surface area contributed by atoms with Crippen LogP contribution >= 0.6 is 0 Å². The van der Waals surface area contributed by atoms with Crippen LogP contribution in [0.5, 0.6) is 17.2 Å². The minimum atomic E-state index is -6.05. The molecule has 1 aromatic heterocycles. The molecule has 3 aromatic rings. The van der Waals surface area contributed by atoms with E-state index in [0.29, 0.717) is 29.9 Å². The van der Waals surface area contributed by atoms with Gasteiger partial charge in [0.05, 0.1) is 12.3 Å². The topological polar surface area (TPSA) is 118 Å². The van der Waals surface area contributed by atoms with Gasteiger partial charge in [0, 0.05) is 5.56 Å². The summed E-state index contributed by atoms with van der Waals surface area (Å²) in [6.45, 7) is 8.24. The van der Waals surface area contributed by atoms with Crippen molar-refractivity contribution >= 4 is 17.7 Å². The molecule has 258 valence electrons. The molecule has 1 aliphatic heterocycles. The number of carbonyl (C=O) groups is 3. The van der Waals surface area contributed by atoms with Gasteiger partial charge in [-0.05, 0) is 81.6 Å². The Morgan fingerprint density at radius 2 is 1.56 bits per heavy atom. The van der Waals surface area contributed by atoms with Gasteiger partial charge in [-0.1, -0.05) is 31.5 Å². The maximum Gasteiger partial charge on any atom is 0.430 e. The summed E-state index contributed by atoms with van der Waals surface area (Å²) in [7, 11) is 0. The summed E-state index contributed by atoms with van der Waals surface area (Å²) >= 11 is 0. The second kappa shape index (κ2) is 13.1. The maximum absolute atomic E-state index is 13.5. The summed E-state index contributed by atoms with van der Waals surface area (Å²) in [4.78, 5) is 44.6. The molecule has 2 unspecified atom stereocenters. The van der Waals surface area contributed by atoms with Gasteiger partial charge in [-0.25, -0.2) is 9.78 Å². The van der Waals surface area contributed by atoms with Crippen molar-refractivity contribution in [3.8, 4) is 17.2 Å². The van der Waals surface area contributed by atoms with Crippen molar-refractivity contribution in [1.82, 2.24) is 15.2 Å². The van der Waals surface area contributed by atoms with Gasteiger partial charge in [-0.2, -0.15) is 26.3 Å². The van der Waals surface area contributed by atoms with Crippen LogP contribution in [0.3, 0.4) is 0 Å². The van der Waals surface area contributed by atoms with E-state index >= 15 is 0 Å². The Hall–Kier alpha value is -4.66. The molecule has 15 heteroatoms. The van der Waals surface area contributed by atoms with E-state index < -0.39 is 52.8 Å². The fourth-order valence-corrected chi connectivity index (χ4v) is 5.25. The highest BCUT2D eigenvalue weighted by molar-refractivity contribution is 6.12. The third-order valence-electron chi connectivity index (χ3n) is 7.83. The van der Waals surface area contributed by atoms with Crippen LogP contribution in [-0.4, -0.2) is 57.2 Å². The molecular weight excluding hydrogens is 648 g/mol. The van der Waals surface area contributed by atoms with Crippen molar-refractivity contribution in [3.05, 3.63) is 83.2 Å². The summed E-state index contributed by atoms with van der Waals surface area (Å²) in [5.74, 6) is -0.894.